The summed E-state index contributed by atoms with van der Waals surface area (Å²) in [7, 11) is 4.36. The molecule has 5 heteroatoms. The monoisotopic (exact) mass is 378 g/mol. The smallest absolute Gasteiger partial charge is 0.159 e. The minimum atomic E-state index is 0.105. The number of hydrogen-bond acceptors (Lipinski definition) is 5. The zero-order chi connectivity index (χ0) is 19.3. The summed E-state index contributed by atoms with van der Waals surface area (Å²) in [6, 6.07) is 8.36. The molecule has 0 saturated carbocycles. The highest BCUT2D eigenvalue weighted by molar-refractivity contribution is 5.55. The van der Waals surface area contributed by atoms with E-state index in [2.05, 4.69) is 65.1 Å². The van der Waals surface area contributed by atoms with E-state index in [1.165, 1.54) is 24.0 Å². The van der Waals surface area contributed by atoms with Crippen molar-refractivity contribution in [2.75, 3.05) is 33.7 Å². The largest absolute Gasteiger partial charge is 0.370 e. The van der Waals surface area contributed by atoms with Gasteiger partial charge >= 0.3 is 0 Å². The van der Waals surface area contributed by atoms with Gasteiger partial charge in [0.1, 0.15) is 0 Å². The molecule has 3 aliphatic heterocycles. The number of benzene rings is 1. The third-order valence-corrected chi connectivity index (χ3v) is 6.82. The van der Waals surface area contributed by atoms with Gasteiger partial charge in [-0.25, -0.2) is 9.97 Å². The Balaban J connectivity index is 1.28. The Labute approximate surface area is 167 Å². The molecule has 5 rings (SSSR count). The highest BCUT2D eigenvalue weighted by atomic mass is 16.5. The molecule has 0 radical (unpaired) electrons. The molecule has 0 unspecified atom stereocenters. The van der Waals surface area contributed by atoms with Crippen LogP contribution in [0.1, 0.15) is 24.0 Å². The van der Waals surface area contributed by atoms with Gasteiger partial charge in [-0.05, 0) is 39.9 Å². The van der Waals surface area contributed by atoms with Gasteiger partial charge in [-0.3, -0.25) is 4.90 Å². The molecule has 3 fully saturated rings. The number of ether oxygens (including phenoxy) is 1. The van der Waals surface area contributed by atoms with Crippen LogP contribution in [0.5, 0.6) is 0 Å². The fourth-order valence-electron chi connectivity index (χ4n) is 5.70. The van der Waals surface area contributed by atoms with Crippen LogP contribution in [-0.4, -0.2) is 65.2 Å². The van der Waals surface area contributed by atoms with Crippen molar-refractivity contribution < 1.29 is 4.74 Å². The standard InChI is InChI=1S/C23H30N4O/c1-16-5-4-6-18(9-16)22-24-10-17(11-25-22)12-27-14-20-19(13-26(2)3)21-7-8-23(20,15-27)28-21/h4-6,9-11,19-21H,7-8,12-15H2,1-3H3/t19-,20+,21+,23+/m0/s1. The number of rotatable bonds is 5. The second kappa shape index (κ2) is 6.90. The summed E-state index contributed by atoms with van der Waals surface area (Å²) < 4.78 is 6.55. The molecule has 1 aromatic carbocycles. The first-order valence-electron chi connectivity index (χ1n) is 10.5. The third kappa shape index (κ3) is 3.15. The summed E-state index contributed by atoms with van der Waals surface area (Å²) >= 11 is 0. The second-order valence-electron chi connectivity index (χ2n) is 9.25. The van der Waals surface area contributed by atoms with Crippen molar-refractivity contribution in [1.29, 1.82) is 0 Å². The van der Waals surface area contributed by atoms with Gasteiger partial charge in [0, 0.05) is 61.5 Å². The van der Waals surface area contributed by atoms with E-state index in [4.69, 9.17) is 4.74 Å². The summed E-state index contributed by atoms with van der Waals surface area (Å²) in [5.41, 5.74) is 3.60. The van der Waals surface area contributed by atoms with Crippen LogP contribution in [0.4, 0.5) is 0 Å². The summed E-state index contributed by atoms with van der Waals surface area (Å²) in [4.78, 5) is 14.1. The lowest BCUT2D eigenvalue weighted by atomic mass is 9.73. The third-order valence-electron chi connectivity index (χ3n) is 6.82. The Kier molecular flexibility index (Phi) is 4.49. The number of hydrogen-bond donors (Lipinski definition) is 0. The molecule has 3 aliphatic rings. The van der Waals surface area contributed by atoms with Gasteiger partial charge < -0.3 is 9.64 Å². The molecule has 4 atom stereocenters. The van der Waals surface area contributed by atoms with Crippen LogP contribution in [0, 0.1) is 18.8 Å². The maximum Gasteiger partial charge on any atom is 0.159 e. The summed E-state index contributed by atoms with van der Waals surface area (Å²) in [6.45, 7) is 6.33. The number of likely N-dealkylation sites (tertiary alicyclic amines) is 1. The number of aromatic nitrogens is 2. The lowest BCUT2D eigenvalue weighted by Crippen LogP contribution is -2.40. The summed E-state index contributed by atoms with van der Waals surface area (Å²) in [5.74, 6) is 2.15. The maximum atomic E-state index is 6.55. The van der Waals surface area contributed by atoms with Gasteiger partial charge in [0.2, 0.25) is 0 Å². The minimum absolute atomic E-state index is 0.105. The molecule has 0 aliphatic carbocycles. The molecule has 148 valence electrons. The van der Waals surface area contributed by atoms with Crippen molar-refractivity contribution in [2.45, 2.75) is 38.0 Å². The molecule has 1 aromatic heterocycles. The lowest BCUT2D eigenvalue weighted by Gasteiger charge is -2.31. The van der Waals surface area contributed by atoms with Gasteiger partial charge in [-0.15, -0.1) is 0 Å². The highest BCUT2D eigenvalue weighted by Gasteiger charge is 2.62. The van der Waals surface area contributed by atoms with Gasteiger partial charge in [0.05, 0.1) is 11.7 Å². The van der Waals surface area contributed by atoms with Crippen molar-refractivity contribution in [3.05, 3.63) is 47.8 Å². The summed E-state index contributed by atoms with van der Waals surface area (Å²) in [6.07, 6.45) is 6.92. The van der Waals surface area contributed by atoms with E-state index in [0.717, 1.165) is 37.6 Å². The van der Waals surface area contributed by atoms with E-state index in [1.807, 2.05) is 12.4 Å². The molecular weight excluding hydrogens is 348 g/mol. The van der Waals surface area contributed by atoms with Crippen LogP contribution in [0.2, 0.25) is 0 Å². The molecule has 1 spiro atoms. The zero-order valence-electron chi connectivity index (χ0n) is 17.1. The molecule has 4 heterocycles. The first kappa shape index (κ1) is 18.2. The first-order valence-corrected chi connectivity index (χ1v) is 10.5. The van der Waals surface area contributed by atoms with Gasteiger partial charge in [-0.1, -0.05) is 23.8 Å². The predicted octanol–water partition coefficient (Wildman–Crippen LogP) is 2.99. The van der Waals surface area contributed by atoms with E-state index in [-0.39, 0.29) is 5.60 Å². The van der Waals surface area contributed by atoms with Crippen LogP contribution in [0.3, 0.4) is 0 Å². The zero-order valence-corrected chi connectivity index (χ0v) is 17.1. The van der Waals surface area contributed by atoms with Crippen LogP contribution >= 0.6 is 0 Å². The molecule has 2 aromatic rings. The summed E-state index contributed by atoms with van der Waals surface area (Å²) in [5, 5.41) is 0. The van der Waals surface area contributed by atoms with E-state index >= 15 is 0 Å². The van der Waals surface area contributed by atoms with E-state index in [0.29, 0.717) is 17.9 Å². The SMILES string of the molecule is Cc1cccc(-c2ncc(CN3C[C@@H]4[C@H](CN(C)C)[C@H]5CC[C@]4(C3)O5)cn2)c1. The van der Waals surface area contributed by atoms with Crippen LogP contribution in [0.25, 0.3) is 11.4 Å². The van der Waals surface area contributed by atoms with Gasteiger partial charge in [0.15, 0.2) is 5.82 Å². The van der Waals surface area contributed by atoms with Crippen LogP contribution in [0.15, 0.2) is 36.7 Å². The minimum Gasteiger partial charge on any atom is -0.370 e. The quantitative estimate of drug-likeness (QED) is 0.800. The molecule has 28 heavy (non-hydrogen) atoms. The van der Waals surface area contributed by atoms with E-state index < -0.39 is 0 Å². The number of aryl methyl sites for hydroxylation is 1. The number of fused-ring (bicyclic) bond motifs is 1. The molecule has 0 N–H and O–H groups in total. The molecule has 3 saturated heterocycles. The second-order valence-corrected chi connectivity index (χ2v) is 9.25. The Hall–Kier alpha value is -1.82. The van der Waals surface area contributed by atoms with Gasteiger partial charge in [0.25, 0.3) is 0 Å². The molecular formula is C23H30N4O. The average Bonchev–Trinajstić information content (AvgIpc) is 3.31. The van der Waals surface area contributed by atoms with Crippen LogP contribution in [-0.2, 0) is 11.3 Å². The molecule has 5 nitrogen and oxygen atoms in total. The van der Waals surface area contributed by atoms with Crippen molar-refractivity contribution >= 4 is 0 Å². The predicted molar refractivity (Wildman–Crippen MR) is 110 cm³/mol. The fourth-order valence-corrected chi connectivity index (χ4v) is 5.70. The van der Waals surface area contributed by atoms with E-state index in [9.17, 15) is 0 Å². The van der Waals surface area contributed by atoms with Crippen molar-refractivity contribution in [2.24, 2.45) is 11.8 Å². The molecule has 0 amide bonds. The van der Waals surface area contributed by atoms with Crippen molar-refractivity contribution in [1.82, 2.24) is 19.8 Å². The average molecular weight is 379 g/mol. The Morgan fingerprint density at radius 2 is 2.07 bits per heavy atom. The van der Waals surface area contributed by atoms with Crippen molar-refractivity contribution in [3.63, 3.8) is 0 Å². The number of nitrogens with zero attached hydrogens (tertiary/aromatic N) is 4. The topological polar surface area (TPSA) is 41.5 Å². The Bertz CT molecular complexity index is 852. The lowest BCUT2D eigenvalue weighted by molar-refractivity contribution is 0.00143. The van der Waals surface area contributed by atoms with Crippen molar-refractivity contribution in [3.8, 4) is 11.4 Å². The normalized spacial score (nSPS) is 31.6. The highest BCUT2D eigenvalue weighted by Crippen LogP contribution is 2.55. The van der Waals surface area contributed by atoms with E-state index in [1.54, 1.807) is 0 Å². The fraction of sp³-hybridized carbons (Fsp3) is 0.565. The maximum absolute atomic E-state index is 6.55. The van der Waals surface area contributed by atoms with Crippen LogP contribution < -0.4 is 0 Å². The Morgan fingerprint density at radius 1 is 1.25 bits per heavy atom. The van der Waals surface area contributed by atoms with Gasteiger partial charge in [-0.2, -0.15) is 0 Å². The molecule has 2 bridgehead atoms. The first-order chi connectivity index (χ1) is 13.5. The Morgan fingerprint density at radius 3 is 2.82 bits per heavy atom.